The molecule has 6 nitrogen and oxygen atoms in total. The molecule has 2 amide bonds. The molecule has 1 N–H and O–H groups in total. The summed E-state index contributed by atoms with van der Waals surface area (Å²) in [5, 5.41) is 2.82. The number of nitrogens with zero attached hydrogens (tertiary/aromatic N) is 2. The maximum atomic E-state index is 12.1. The van der Waals surface area contributed by atoms with E-state index in [1.807, 2.05) is 25.7 Å². The van der Waals surface area contributed by atoms with Gasteiger partial charge in [-0.25, -0.2) is 0 Å². The zero-order valence-corrected chi connectivity index (χ0v) is 12.6. The molecular weight excluding hydrogens is 258 g/mol. The highest BCUT2D eigenvalue weighted by Gasteiger charge is 2.22. The largest absolute Gasteiger partial charge is 0.353 e. The van der Waals surface area contributed by atoms with Crippen LogP contribution < -0.4 is 5.32 Å². The Labute approximate surface area is 120 Å². The molecule has 0 unspecified atom stereocenters. The van der Waals surface area contributed by atoms with Crippen LogP contribution in [0.25, 0.3) is 0 Å². The van der Waals surface area contributed by atoms with Gasteiger partial charge in [0.2, 0.25) is 11.8 Å². The van der Waals surface area contributed by atoms with Gasteiger partial charge in [-0.15, -0.1) is 0 Å². The Morgan fingerprint density at radius 1 is 1.25 bits per heavy atom. The van der Waals surface area contributed by atoms with Crippen molar-refractivity contribution in [2.75, 3.05) is 32.7 Å². The van der Waals surface area contributed by atoms with E-state index >= 15 is 0 Å². The topological polar surface area (TPSA) is 69.7 Å². The molecule has 0 radical (unpaired) electrons. The highest BCUT2D eigenvalue weighted by Crippen LogP contribution is 2.06. The third kappa shape index (κ3) is 5.69. The number of nitrogens with one attached hydrogen (secondary N) is 1. The van der Waals surface area contributed by atoms with E-state index in [0.717, 1.165) is 0 Å². The van der Waals surface area contributed by atoms with E-state index in [1.165, 1.54) is 0 Å². The van der Waals surface area contributed by atoms with Crippen LogP contribution in [-0.2, 0) is 14.4 Å². The van der Waals surface area contributed by atoms with Crippen molar-refractivity contribution >= 4 is 17.6 Å². The van der Waals surface area contributed by atoms with Gasteiger partial charge in [-0.1, -0.05) is 6.92 Å². The van der Waals surface area contributed by atoms with Crippen molar-refractivity contribution < 1.29 is 14.4 Å². The first-order valence-corrected chi connectivity index (χ1v) is 7.23. The summed E-state index contributed by atoms with van der Waals surface area (Å²) in [6, 6.07) is 0.102. The fraction of sp³-hybridized carbons (Fsp3) is 0.786. The minimum atomic E-state index is -0.0662. The summed E-state index contributed by atoms with van der Waals surface area (Å²) < 4.78 is 0. The fourth-order valence-electron chi connectivity index (χ4n) is 2.15. The number of carbonyl (C=O) groups is 3. The first-order valence-electron chi connectivity index (χ1n) is 7.23. The molecule has 6 heteroatoms. The number of likely N-dealkylation sites (N-methyl/N-ethyl adjacent to an activating group) is 1. The van der Waals surface area contributed by atoms with Crippen LogP contribution in [0.1, 0.15) is 33.6 Å². The summed E-state index contributed by atoms with van der Waals surface area (Å²) in [7, 11) is 0. The van der Waals surface area contributed by atoms with Crippen LogP contribution in [0.2, 0.25) is 0 Å². The molecule has 1 heterocycles. The first kappa shape index (κ1) is 16.6. The van der Waals surface area contributed by atoms with Crippen molar-refractivity contribution in [2.45, 2.75) is 39.7 Å². The molecule has 0 spiro atoms. The smallest absolute Gasteiger partial charge is 0.236 e. The second-order valence-electron chi connectivity index (χ2n) is 5.44. The molecule has 1 aliphatic heterocycles. The molecule has 0 bridgehead atoms. The predicted octanol–water partition coefficient (Wildman–Crippen LogP) is 0.0244. The van der Waals surface area contributed by atoms with Gasteiger partial charge in [-0.3, -0.25) is 19.3 Å². The van der Waals surface area contributed by atoms with Gasteiger partial charge in [0.25, 0.3) is 0 Å². The minimum Gasteiger partial charge on any atom is -0.353 e. The lowest BCUT2D eigenvalue weighted by Gasteiger charge is -2.29. The molecule has 20 heavy (non-hydrogen) atoms. The summed E-state index contributed by atoms with van der Waals surface area (Å²) in [6.07, 6.45) is 0.900. The first-order chi connectivity index (χ1) is 9.42. The Morgan fingerprint density at radius 2 is 1.85 bits per heavy atom. The zero-order chi connectivity index (χ0) is 15.1. The number of ketones is 1. The lowest BCUT2D eigenvalue weighted by molar-refractivity contribution is -0.135. The maximum absolute atomic E-state index is 12.1. The molecule has 1 rings (SSSR count). The summed E-state index contributed by atoms with van der Waals surface area (Å²) in [6.45, 7) is 7.86. The molecule has 0 aromatic heterocycles. The van der Waals surface area contributed by atoms with E-state index in [1.54, 1.807) is 4.90 Å². The van der Waals surface area contributed by atoms with E-state index in [-0.39, 0.29) is 36.7 Å². The molecular formula is C14H25N3O3. The minimum absolute atomic E-state index is 0.00306. The van der Waals surface area contributed by atoms with E-state index in [9.17, 15) is 14.4 Å². The van der Waals surface area contributed by atoms with E-state index in [2.05, 4.69) is 5.32 Å². The van der Waals surface area contributed by atoms with E-state index in [4.69, 9.17) is 0 Å². The molecule has 0 atom stereocenters. The third-order valence-electron chi connectivity index (χ3n) is 3.30. The third-order valence-corrected chi connectivity index (χ3v) is 3.30. The number of hydrogen-bond acceptors (Lipinski definition) is 4. The molecule has 1 saturated heterocycles. The van der Waals surface area contributed by atoms with Gasteiger partial charge in [0.05, 0.1) is 13.1 Å². The number of likely N-dealkylation sites (tertiary alicyclic amines) is 1. The Morgan fingerprint density at radius 3 is 2.35 bits per heavy atom. The normalized spacial score (nSPS) is 15.8. The van der Waals surface area contributed by atoms with Crippen molar-refractivity contribution in [2.24, 2.45) is 0 Å². The summed E-state index contributed by atoms with van der Waals surface area (Å²) in [4.78, 5) is 38.5. The summed E-state index contributed by atoms with van der Waals surface area (Å²) in [5.41, 5.74) is 0. The van der Waals surface area contributed by atoms with Crippen molar-refractivity contribution in [3.63, 3.8) is 0 Å². The van der Waals surface area contributed by atoms with Crippen molar-refractivity contribution in [3.05, 3.63) is 0 Å². The van der Waals surface area contributed by atoms with Crippen LogP contribution in [0, 0.1) is 0 Å². The van der Waals surface area contributed by atoms with Crippen molar-refractivity contribution in [3.8, 4) is 0 Å². The van der Waals surface area contributed by atoms with Gasteiger partial charge in [0.15, 0.2) is 0 Å². The second-order valence-corrected chi connectivity index (χ2v) is 5.44. The Bertz CT molecular complexity index is 359. The SMILES string of the molecule is CCN(CC(=O)NC(C)C)CC(=O)N1CCC(=O)CC1. The van der Waals surface area contributed by atoms with Crippen molar-refractivity contribution in [1.29, 1.82) is 0 Å². The highest BCUT2D eigenvalue weighted by atomic mass is 16.2. The molecule has 0 aromatic rings. The Balaban J connectivity index is 2.41. The number of rotatable bonds is 6. The second kappa shape index (κ2) is 7.99. The standard InChI is InChI=1S/C14H25N3O3/c1-4-16(9-13(19)15-11(2)3)10-14(20)17-7-5-12(18)6-8-17/h11H,4-10H2,1-3H3,(H,15,19). The number of piperidine rings is 1. The molecule has 1 aliphatic rings. The average Bonchev–Trinajstić information content (AvgIpc) is 2.37. The monoisotopic (exact) mass is 283 g/mol. The van der Waals surface area contributed by atoms with E-state index < -0.39 is 0 Å². The van der Waals surface area contributed by atoms with Gasteiger partial charge in [0, 0.05) is 32.0 Å². The maximum Gasteiger partial charge on any atom is 0.236 e. The van der Waals surface area contributed by atoms with Crippen LogP contribution in [-0.4, -0.2) is 66.2 Å². The van der Waals surface area contributed by atoms with Crippen molar-refractivity contribution in [1.82, 2.24) is 15.1 Å². The molecule has 1 fully saturated rings. The summed E-state index contributed by atoms with van der Waals surface area (Å²) >= 11 is 0. The van der Waals surface area contributed by atoms with E-state index in [0.29, 0.717) is 32.5 Å². The quantitative estimate of drug-likeness (QED) is 0.746. The van der Waals surface area contributed by atoms with Crippen LogP contribution in [0.15, 0.2) is 0 Å². The fourth-order valence-corrected chi connectivity index (χ4v) is 2.15. The zero-order valence-electron chi connectivity index (χ0n) is 12.6. The average molecular weight is 283 g/mol. The summed E-state index contributed by atoms with van der Waals surface area (Å²) in [5.74, 6) is 0.151. The van der Waals surface area contributed by atoms with Gasteiger partial charge in [-0.05, 0) is 20.4 Å². The molecule has 0 saturated carbocycles. The van der Waals surface area contributed by atoms with Crippen LogP contribution in [0.3, 0.4) is 0 Å². The predicted molar refractivity (Wildman–Crippen MR) is 76.2 cm³/mol. The van der Waals surface area contributed by atoms with Gasteiger partial charge in [0.1, 0.15) is 5.78 Å². The highest BCUT2D eigenvalue weighted by molar-refractivity contribution is 5.84. The van der Waals surface area contributed by atoms with Crippen LogP contribution in [0.5, 0.6) is 0 Å². The van der Waals surface area contributed by atoms with Gasteiger partial charge >= 0.3 is 0 Å². The van der Waals surface area contributed by atoms with Crippen LogP contribution in [0.4, 0.5) is 0 Å². The van der Waals surface area contributed by atoms with Gasteiger partial charge in [-0.2, -0.15) is 0 Å². The number of Topliss-reactive ketones (excluding diaryl/α,β-unsaturated/α-hetero) is 1. The molecule has 0 aromatic carbocycles. The number of amides is 2. The Hall–Kier alpha value is -1.43. The lowest BCUT2D eigenvalue weighted by atomic mass is 10.1. The Kier molecular flexibility index (Phi) is 6.64. The molecule has 0 aliphatic carbocycles. The molecule has 114 valence electrons. The number of hydrogen-bond donors (Lipinski definition) is 1. The number of carbonyl (C=O) groups excluding carboxylic acids is 3. The van der Waals surface area contributed by atoms with Crippen LogP contribution >= 0.6 is 0 Å². The van der Waals surface area contributed by atoms with Gasteiger partial charge < -0.3 is 10.2 Å². The lowest BCUT2D eigenvalue weighted by Crippen LogP contribution is -2.47.